The van der Waals surface area contributed by atoms with Crippen LogP contribution in [0.3, 0.4) is 0 Å². The summed E-state index contributed by atoms with van der Waals surface area (Å²) in [6.07, 6.45) is 2.70. The molecular formula is C24H30FN5O2. The number of aromatic amines is 1. The van der Waals surface area contributed by atoms with Crippen molar-refractivity contribution in [2.45, 2.75) is 26.8 Å². The Bertz CT molecular complexity index is 1060. The fraction of sp³-hybridized carbons (Fsp3) is 0.333. The number of aliphatic imine (C=N–C) groups is 1. The van der Waals surface area contributed by atoms with E-state index in [0.717, 1.165) is 35.0 Å². The molecule has 7 nitrogen and oxygen atoms in total. The average molecular weight is 440 g/mol. The Balaban J connectivity index is 1.55. The van der Waals surface area contributed by atoms with E-state index in [1.807, 2.05) is 44.3 Å². The highest BCUT2D eigenvalue weighted by Gasteiger charge is 2.06. The zero-order chi connectivity index (χ0) is 22.8. The standard InChI is InChI=1S/C24H30FN5O2/c1-3-26-23(31)16-32-20-7-5-6-17(12-20)14-30-24(27-4-2)28-11-10-18-15-29-22-13-19(25)8-9-21(18)22/h5-9,12-13,15,29H,3-4,10-11,14,16H2,1-2H3,(H,26,31)(H2,27,28,30). The summed E-state index contributed by atoms with van der Waals surface area (Å²) < 4.78 is 18.9. The van der Waals surface area contributed by atoms with Gasteiger partial charge in [0, 0.05) is 36.7 Å². The van der Waals surface area contributed by atoms with Crippen LogP contribution in [0.15, 0.2) is 53.7 Å². The molecule has 32 heavy (non-hydrogen) atoms. The average Bonchev–Trinajstić information content (AvgIpc) is 3.18. The first kappa shape index (κ1) is 23.1. The SMILES string of the molecule is CCNC(=O)COc1cccc(CN=C(NCC)NCCc2c[nH]c3cc(F)ccc23)c1. The Hall–Kier alpha value is -3.55. The molecule has 0 saturated heterocycles. The summed E-state index contributed by atoms with van der Waals surface area (Å²) in [5.74, 6) is 0.962. The maximum Gasteiger partial charge on any atom is 0.257 e. The van der Waals surface area contributed by atoms with Crippen LogP contribution >= 0.6 is 0 Å². The van der Waals surface area contributed by atoms with Gasteiger partial charge in [-0.25, -0.2) is 9.38 Å². The van der Waals surface area contributed by atoms with Crippen molar-refractivity contribution in [1.82, 2.24) is 20.9 Å². The van der Waals surface area contributed by atoms with Crippen molar-refractivity contribution in [2.24, 2.45) is 4.99 Å². The van der Waals surface area contributed by atoms with Gasteiger partial charge in [0.1, 0.15) is 11.6 Å². The number of carbonyl (C=O) groups is 1. The smallest absolute Gasteiger partial charge is 0.257 e. The van der Waals surface area contributed by atoms with Crippen LogP contribution in [0.5, 0.6) is 5.75 Å². The summed E-state index contributed by atoms with van der Waals surface area (Å²) in [4.78, 5) is 19.3. The molecule has 8 heteroatoms. The van der Waals surface area contributed by atoms with Crippen molar-refractivity contribution < 1.29 is 13.9 Å². The van der Waals surface area contributed by atoms with E-state index >= 15 is 0 Å². The number of guanidine groups is 1. The third-order valence-corrected chi connectivity index (χ3v) is 4.82. The molecule has 1 amide bonds. The highest BCUT2D eigenvalue weighted by atomic mass is 19.1. The molecule has 4 N–H and O–H groups in total. The maximum absolute atomic E-state index is 13.4. The van der Waals surface area contributed by atoms with Crippen molar-refractivity contribution in [1.29, 1.82) is 0 Å². The van der Waals surface area contributed by atoms with E-state index in [-0.39, 0.29) is 18.3 Å². The number of benzene rings is 2. The Labute approximate surface area is 187 Å². The first-order valence-electron chi connectivity index (χ1n) is 10.8. The molecule has 1 heterocycles. The van der Waals surface area contributed by atoms with Crippen LogP contribution in [-0.4, -0.2) is 43.1 Å². The number of hydrogen-bond acceptors (Lipinski definition) is 3. The molecule has 0 atom stereocenters. The predicted molar refractivity (Wildman–Crippen MR) is 125 cm³/mol. The lowest BCUT2D eigenvalue weighted by Crippen LogP contribution is -2.38. The largest absolute Gasteiger partial charge is 0.484 e. The van der Waals surface area contributed by atoms with Gasteiger partial charge in [-0.15, -0.1) is 0 Å². The van der Waals surface area contributed by atoms with Crippen LogP contribution in [0, 0.1) is 5.82 Å². The van der Waals surface area contributed by atoms with E-state index in [1.54, 1.807) is 6.07 Å². The van der Waals surface area contributed by atoms with E-state index in [0.29, 0.717) is 31.3 Å². The molecular weight excluding hydrogens is 409 g/mol. The molecule has 0 spiro atoms. The predicted octanol–water partition coefficient (Wildman–Crippen LogP) is 3.12. The number of likely N-dealkylation sites (N-methyl/N-ethyl adjacent to an activating group) is 1. The lowest BCUT2D eigenvalue weighted by molar-refractivity contribution is -0.122. The summed E-state index contributed by atoms with van der Waals surface area (Å²) in [7, 11) is 0. The third-order valence-electron chi connectivity index (χ3n) is 4.82. The minimum atomic E-state index is -0.246. The minimum absolute atomic E-state index is 0.00870. The topological polar surface area (TPSA) is 90.5 Å². The first-order chi connectivity index (χ1) is 15.6. The molecule has 3 rings (SSSR count). The van der Waals surface area contributed by atoms with Crippen molar-refractivity contribution in [2.75, 3.05) is 26.2 Å². The number of hydrogen-bond donors (Lipinski definition) is 4. The van der Waals surface area contributed by atoms with E-state index in [1.165, 1.54) is 12.1 Å². The Morgan fingerprint density at radius 3 is 2.75 bits per heavy atom. The van der Waals surface area contributed by atoms with Crippen LogP contribution in [-0.2, 0) is 17.8 Å². The van der Waals surface area contributed by atoms with Crippen LogP contribution in [0.4, 0.5) is 4.39 Å². The van der Waals surface area contributed by atoms with Gasteiger partial charge in [-0.3, -0.25) is 4.79 Å². The maximum atomic E-state index is 13.4. The van der Waals surface area contributed by atoms with Gasteiger partial charge in [-0.05, 0) is 61.7 Å². The van der Waals surface area contributed by atoms with Crippen molar-refractivity contribution in [3.8, 4) is 5.75 Å². The van der Waals surface area contributed by atoms with E-state index in [4.69, 9.17) is 4.74 Å². The van der Waals surface area contributed by atoms with Crippen molar-refractivity contribution in [3.63, 3.8) is 0 Å². The van der Waals surface area contributed by atoms with Gasteiger partial charge in [0.25, 0.3) is 5.91 Å². The van der Waals surface area contributed by atoms with Crippen LogP contribution < -0.4 is 20.7 Å². The summed E-state index contributed by atoms with van der Waals surface area (Å²) >= 11 is 0. The number of carbonyl (C=O) groups excluding carboxylic acids is 1. The Kier molecular flexibility index (Phi) is 8.48. The van der Waals surface area contributed by atoms with Gasteiger partial charge in [-0.2, -0.15) is 0 Å². The molecule has 3 aromatic rings. The van der Waals surface area contributed by atoms with Gasteiger partial charge in [0.05, 0.1) is 6.54 Å². The molecule has 0 aliphatic rings. The first-order valence-corrected chi connectivity index (χ1v) is 10.8. The molecule has 0 radical (unpaired) electrons. The monoisotopic (exact) mass is 439 g/mol. The molecule has 170 valence electrons. The third kappa shape index (κ3) is 6.73. The van der Waals surface area contributed by atoms with E-state index < -0.39 is 0 Å². The van der Waals surface area contributed by atoms with Crippen LogP contribution in [0.25, 0.3) is 10.9 Å². The summed E-state index contributed by atoms with van der Waals surface area (Å²) in [5.41, 5.74) is 2.91. The summed E-state index contributed by atoms with van der Waals surface area (Å²) in [6, 6.07) is 12.4. The number of H-pyrrole nitrogens is 1. The number of nitrogens with zero attached hydrogens (tertiary/aromatic N) is 1. The molecule has 1 aromatic heterocycles. The van der Waals surface area contributed by atoms with Crippen molar-refractivity contribution in [3.05, 3.63) is 65.6 Å². The molecule has 0 bridgehead atoms. The lowest BCUT2D eigenvalue weighted by atomic mass is 10.1. The number of ether oxygens (including phenoxy) is 1. The molecule has 0 aliphatic heterocycles. The number of nitrogens with one attached hydrogen (secondary N) is 4. The second kappa shape index (κ2) is 11.7. The number of amides is 1. The van der Waals surface area contributed by atoms with E-state index in [2.05, 4.69) is 25.9 Å². The molecule has 0 unspecified atom stereocenters. The lowest BCUT2D eigenvalue weighted by Gasteiger charge is -2.11. The highest BCUT2D eigenvalue weighted by molar-refractivity contribution is 5.83. The van der Waals surface area contributed by atoms with Crippen LogP contribution in [0.2, 0.25) is 0 Å². The van der Waals surface area contributed by atoms with Gasteiger partial charge < -0.3 is 25.7 Å². The zero-order valence-corrected chi connectivity index (χ0v) is 18.5. The highest BCUT2D eigenvalue weighted by Crippen LogP contribution is 2.19. The molecule has 2 aromatic carbocycles. The quantitative estimate of drug-likeness (QED) is 0.289. The number of aromatic nitrogens is 1. The number of rotatable bonds is 10. The second-order valence-electron chi connectivity index (χ2n) is 7.27. The van der Waals surface area contributed by atoms with Gasteiger partial charge in [-0.1, -0.05) is 12.1 Å². The normalized spacial score (nSPS) is 11.4. The molecule has 0 saturated carbocycles. The van der Waals surface area contributed by atoms with E-state index in [9.17, 15) is 9.18 Å². The Morgan fingerprint density at radius 2 is 1.94 bits per heavy atom. The second-order valence-corrected chi connectivity index (χ2v) is 7.27. The van der Waals surface area contributed by atoms with Gasteiger partial charge in [0.2, 0.25) is 0 Å². The fourth-order valence-electron chi connectivity index (χ4n) is 3.32. The molecule has 0 fully saturated rings. The van der Waals surface area contributed by atoms with Crippen LogP contribution in [0.1, 0.15) is 25.0 Å². The number of halogens is 1. The van der Waals surface area contributed by atoms with Gasteiger partial charge in [0.15, 0.2) is 12.6 Å². The summed E-state index contributed by atoms with van der Waals surface area (Å²) in [5, 5.41) is 10.3. The minimum Gasteiger partial charge on any atom is -0.484 e. The zero-order valence-electron chi connectivity index (χ0n) is 18.5. The molecule has 0 aliphatic carbocycles. The van der Waals surface area contributed by atoms with Crippen molar-refractivity contribution >= 4 is 22.8 Å². The fourth-order valence-corrected chi connectivity index (χ4v) is 3.32. The number of fused-ring (bicyclic) bond motifs is 1. The summed E-state index contributed by atoms with van der Waals surface area (Å²) in [6.45, 7) is 6.36. The van der Waals surface area contributed by atoms with Gasteiger partial charge >= 0.3 is 0 Å². The Morgan fingerprint density at radius 1 is 1.09 bits per heavy atom.